The largest absolute Gasteiger partial charge is 0.507 e. The number of aliphatic hydroxyl groups excluding tert-OH is 1. The topological polar surface area (TPSA) is 206 Å². The number of fused-ring (bicyclic) bond motifs is 3. The average Bonchev–Trinajstić information content (AvgIpc) is 4.25. The molecule has 3 fully saturated rings. The van der Waals surface area contributed by atoms with Crippen LogP contribution >= 0.6 is 11.3 Å². The summed E-state index contributed by atoms with van der Waals surface area (Å²) in [5.74, 6) is 1.94. The number of aliphatic hydroxyl groups is 1. The van der Waals surface area contributed by atoms with Crippen molar-refractivity contribution in [3.8, 4) is 27.4 Å². The zero-order valence-corrected chi connectivity index (χ0v) is 43.5. The van der Waals surface area contributed by atoms with Crippen LogP contribution in [0, 0.1) is 18.8 Å². The van der Waals surface area contributed by atoms with Gasteiger partial charge >= 0.3 is 0 Å². The van der Waals surface area contributed by atoms with Crippen LogP contribution in [0.1, 0.15) is 111 Å². The lowest BCUT2D eigenvalue weighted by Gasteiger charge is -2.35. The van der Waals surface area contributed by atoms with Gasteiger partial charge in [-0.15, -0.1) is 21.5 Å². The number of H-pyrrole nitrogens is 1. The van der Waals surface area contributed by atoms with E-state index in [9.17, 15) is 19.8 Å². The molecule has 1 unspecified atom stereocenters. The van der Waals surface area contributed by atoms with Crippen molar-refractivity contribution in [2.24, 2.45) is 11.8 Å². The standard InChI is InChI=1S/C56H66N12O5S/c1-33(2)50(55(72)68-31-41(69)25-46(68)54(71)57-28-37-9-11-39(12-10-37)52-34(3)60-32-74-52)48-27-49(64-73-48)66-22-14-36(15-23-66)13-19-65-20-16-38(17-21-65)40-29-58-56(59-30-40)67-24-18-44-51(35(67)4)43-26-45(62-63-53(43)61-44)42-7-5-6-8-47(42)70/h5-12,26-27,29-30,32-33,35-36,38,41,46,50,69-70H,13-25,28,31H2,1-4H3,(H,57,71)(H,61,63)/t35-,41-,46+,50?/m1/s1. The van der Waals surface area contributed by atoms with Gasteiger partial charge in [0, 0.05) is 86.2 Å². The SMILES string of the molecule is Cc1ncsc1-c1ccc(CNC(=O)[C@@H]2C[C@@H](O)CN2C(=O)C(c2cc(N3CCC(CCN4CCC(c5cnc(N6CCc7[nH]c8nnc(-c9ccccc9O)cc8c7[C@H]6C)nc5)CC4)CC3)no2)C(C)C)cc1. The molecule has 0 bridgehead atoms. The van der Waals surface area contributed by atoms with Gasteiger partial charge in [-0.25, -0.2) is 15.0 Å². The molecule has 386 valence electrons. The number of aromatic nitrogens is 7. The van der Waals surface area contributed by atoms with E-state index in [0.29, 0.717) is 35.4 Å². The lowest BCUT2D eigenvalue weighted by Crippen LogP contribution is -2.48. The van der Waals surface area contributed by atoms with Crippen molar-refractivity contribution >= 4 is 46.0 Å². The van der Waals surface area contributed by atoms with Gasteiger partial charge in [0.2, 0.25) is 17.8 Å². The Morgan fingerprint density at radius 2 is 1.72 bits per heavy atom. The summed E-state index contributed by atoms with van der Waals surface area (Å²) in [7, 11) is 0. The number of hydrogen-bond donors (Lipinski definition) is 4. The molecule has 0 radical (unpaired) electrons. The number of para-hydroxylation sites is 1. The number of aromatic hydroxyl groups is 1. The van der Waals surface area contributed by atoms with Gasteiger partial charge in [0.1, 0.15) is 17.7 Å². The van der Waals surface area contributed by atoms with E-state index >= 15 is 0 Å². The Morgan fingerprint density at radius 3 is 2.45 bits per heavy atom. The van der Waals surface area contributed by atoms with E-state index in [0.717, 1.165) is 128 Å². The second kappa shape index (κ2) is 21.2. The number of carbonyl (C=O) groups is 2. The molecule has 0 spiro atoms. The normalized spacial score (nSPS) is 20.4. The first-order valence-corrected chi connectivity index (χ1v) is 27.3. The Labute approximate surface area is 435 Å². The third kappa shape index (κ3) is 10.1. The Kier molecular flexibility index (Phi) is 14.2. The number of aromatic amines is 1. The summed E-state index contributed by atoms with van der Waals surface area (Å²) in [5, 5.41) is 38.6. The third-order valence-corrected chi connectivity index (χ3v) is 17.1. The van der Waals surface area contributed by atoms with Crippen LogP contribution in [-0.2, 0) is 22.6 Å². The number of hydrogen-bond acceptors (Lipinski definition) is 15. The minimum Gasteiger partial charge on any atom is -0.507 e. The molecule has 4 atom stereocenters. The van der Waals surface area contributed by atoms with Crippen LogP contribution in [0.15, 0.2) is 83.1 Å². The molecule has 5 aromatic heterocycles. The molecule has 74 heavy (non-hydrogen) atoms. The smallest absolute Gasteiger partial charge is 0.243 e. The number of aryl methyl sites for hydroxylation is 1. The van der Waals surface area contributed by atoms with Gasteiger partial charge in [-0.2, -0.15) is 0 Å². The van der Waals surface area contributed by atoms with Crippen LogP contribution in [-0.4, -0.2) is 125 Å². The molecule has 2 amide bonds. The number of nitrogens with one attached hydrogen (secondary N) is 2. The maximum Gasteiger partial charge on any atom is 0.243 e. The molecule has 4 N–H and O–H groups in total. The molecule has 0 saturated carbocycles. The van der Waals surface area contributed by atoms with Gasteiger partial charge in [-0.3, -0.25) is 9.59 Å². The fraction of sp³-hybridized carbons (Fsp3) is 0.464. The van der Waals surface area contributed by atoms with Crippen LogP contribution in [0.2, 0.25) is 0 Å². The van der Waals surface area contributed by atoms with Crippen LogP contribution in [0.4, 0.5) is 11.8 Å². The molecular weight excluding hydrogens is 953 g/mol. The summed E-state index contributed by atoms with van der Waals surface area (Å²) in [6, 6.07) is 18.4. The molecule has 17 nitrogen and oxygen atoms in total. The summed E-state index contributed by atoms with van der Waals surface area (Å²) >= 11 is 1.60. The Balaban J connectivity index is 0.633. The van der Waals surface area contributed by atoms with Gasteiger partial charge in [-0.1, -0.05) is 55.4 Å². The molecular formula is C56H66N12O5S. The van der Waals surface area contributed by atoms with Crippen LogP contribution < -0.4 is 15.1 Å². The van der Waals surface area contributed by atoms with Crippen molar-refractivity contribution in [3.63, 3.8) is 0 Å². The van der Waals surface area contributed by atoms with Gasteiger partial charge < -0.3 is 44.6 Å². The van der Waals surface area contributed by atoms with Crippen LogP contribution in [0.5, 0.6) is 5.75 Å². The quantitative estimate of drug-likeness (QED) is 0.0812. The minimum atomic E-state index is -0.791. The monoisotopic (exact) mass is 1020 g/mol. The molecule has 0 aliphatic carbocycles. The zero-order chi connectivity index (χ0) is 51.0. The first-order chi connectivity index (χ1) is 35.9. The molecule has 9 heterocycles. The highest BCUT2D eigenvalue weighted by Crippen LogP contribution is 2.40. The van der Waals surface area contributed by atoms with E-state index in [1.54, 1.807) is 23.5 Å². The highest BCUT2D eigenvalue weighted by Gasteiger charge is 2.43. The number of amides is 2. The minimum absolute atomic E-state index is 0.0283. The van der Waals surface area contributed by atoms with Gasteiger partial charge in [0.15, 0.2) is 17.2 Å². The molecule has 2 aromatic carbocycles. The summed E-state index contributed by atoms with van der Waals surface area (Å²) in [6.07, 6.45) is 9.77. The maximum absolute atomic E-state index is 14.3. The average molecular weight is 1020 g/mol. The number of piperidine rings is 2. The first kappa shape index (κ1) is 49.5. The molecule has 4 aliphatic rings. The number of rotatable bonds is 14. The number of likely N-dealkylation sites (tertiary alicyclic amines) is 2. The van der Waals surface area contributed by atoms with Crippen molar-refractivity contribution in [2.75, 3.05) is 55.6 Å². The third-order valence-electron chi connectivity index (χ3n) is 16.2. The number of anilines is 2. The summed E-state index contributed by atoms with van der Waals surface area (Å²) < 4.78 is 5.93. The highest BCUT2D eigenvalue weighted by molar-refractivity contribution is 7.13. The van der Waals surface area contributed by atoms with Crippen LogP contribution in [0.25, 0.3) is 32.7 Å². The van der Waals surface area contributed by atoms with Crippen molar-refractivity contribution in [3.05, 3.63) is 112 Å². The van der Waals surface area contributed by atoms with E-state index in [1.807, 2.05) is 87.2 Å². The first-order valence-electron chi connectivity index (χ1n) is 26.4. The number of carbonyl (C=O) groups excluding carboxylic acids is 2. The Morgan fingerprint density at radius 1 is 0.946 bits per heavy atom. The fourth-order valence-corrected chi connectivity index (χ4v) is 12.7. The zero-order valence-electron chi connectivity index (χ0n) is 42.7. The predicted molar refractivity (Wildman–Crippen MR) is 285 cm³/mol. The number of benzene rings is 2. The molecule has 18 heteroatoms. The maximum atomic E-state index is 14.3. The second-order valence-corrected chi connectivity index (χ2v) is 22.0. The van der Waals surface area contributed by atoms with Crippen molar-refractivity contribution in [1.82, 2.24) is 50.4 Å². The predicted octanol–water partition coefficient (Wildman–Crippen LogP) is 8.17. The van der Waals surface area contributed by atoms with Crippen molar-refractivity contribution in [2.45, 2.75) is 109 Å². The molecule has 11 rings (SSSR count). The van der Waals surface area contributed by atoms with E-state index < -0.39 is 18.1 Å². The summed E-state index contributed by atoms with van der Waals surface area (Å²) in [6.45, 7) is 14.3. The van der Waals surface area contributed by atoms with Gasteiger partial charge in [0.05, 0.1) is 33.9 Å². The van der Waals surface area contributed by atoms with E-state index in [-0.39, 0.29) is 42.5 Å². The Bertz CT molecular complexity index is 3080. The lowest BCUT2D eigenvalue weighted by molar-refractivity contribution is -0.141. The van der Waals surface area contributed by atoms with E-state index in [2.05, 4.69) is 52.3 Å². The van der Waals surface area contributed by atoms with Crippen molar-refractivity contribution in [1.29, 1.82) is 0 Å². The molecule has 3 saturated heterocycles. The van der Waals surface area contributed by atoms with Gasteiger partial charge in [0.25, 0.3) is 0 Å². The molecule has 4 aliphatic heterocycles. The summed E-state index contributed by atoms with van der Waals surface area (Å²) in [4.78, 5) is 55.4. The number of phenolic OH excluding ortho intramolecular Hbond substituents is 1. The van der Waals surface area contributed by atoms with Crippen molar-refractivity contribution < 1.29 is 24.3 Å². The summed E-state index contributed by atoms with van der Waals surface area (Å²) in [5.41, 5.74) is 10.4. The van der Waals surface area contributed by atoms with Gasteiger partial charge in [-0.05, 0) is 118 Å². The number of β-amino-alcohol motifs (C(OH)–C–C–N with tert-alkyl or cyclic N) is 1. The number of thiazole rings is 1. The lowest BCUT2D eigenvalue weighted by atomic mass is 9.89. The fourth-order valence-electron chi connectivity index (χ4n) is 11.9. The molecule has 7 aromatic rings. The van der Waals surface area contributed by atoms with Crippen LogP contribution in [0.3, 0.4) is 0 Å². The highest BCUT2D eigenvalue weighted by atomic mass is 32.1. The Hall–Kier alpha value is -6.76. The van der Waals surface area contributed by atoms with E-state index in [4.69, 9.17) is 14.5 Å². The van der Waals surface area contributed by atoms with E-state index in [1.165, 1.54) is 16.0 Å². The second-order valence-electron chi connectivity index (χ2n) is 21.2. The number of phenols is 1. The number of nitrogens with zero attached hydrogens (tertiary/aromatic N) is 10.